The van der Waals surface area contributed by atoms with E-state index in [1.165, 1.54) is 0 Å². The van der Waals surface area contributed by atoms with Gasteiger partial charge in [0.05, 0.1) is 12.0 Å². The van der Waals surface area contributed by atoms with E-state index in [1.807, 2.05) is 13.8 Å². The quantitative estimate of drug-likeness (QED) is 0.797. The molecular formula is C10H15N3O2. The van der Waals surface area contributed by atoms with Gasteiger partial charge in [-0.15, -0.1) is 0 Å². The minimum absolute atomic E-state index is 0.0105. The number of rotatable bonds is 2. The molecule has 2 atom stereocenters. The number of carboxylic acid groups (broad SMARTS) is 1. The molecule has 0 amide bonds. The van der Waals surface area contributed by atoms with Crippen LogP contribution in [-0.2, 0) is 4.79 Å². The number of carboxylic acids is 1. The number of aromatic nitrogens is 3. The van der Waals surface area contributed by atoms with Crippen molar-refractivity contribution < 1.29 is 9.90 Å². The van der Waals surface area contributed by atoms with Crippen LogP contribution < -0.4 is 0 Å². The molecule has 1 aromatic rings. The Morgan fingerprint density at radius 3 is 2.73 bits per heavy atom. The SMILES string of the molecule is Cc1nc(C)n(C2CCCC2C(=O)O)n1. The molecule has 0 aromatic carbocycles. The average Bonchev–Trinajstić information content (AvgIpc) is 2.71. The van der Waals surface area contributed by atoms with E-state index >= 15 is 0 Å². The topological polar surface area (TPSA) is 68.0 Å². The number of hydrogen-bond acceptors (Lipinski definition) is 3. The summed E-state index contributed by atoms with van der Waals surface area (Å²) in [5, 5.41) is 13.3. The highest BCUT2D eigenvalue weighted by atomic mass is 16.4. The number of aliphatic carboxylic acids is 1. The maximum Gasteiger partial charge on any atom is 0.308 e. The molecule has 0 aliphatic heterocycles. The second-order valence-electron chi connectivity index (χ2n) is 4.09. The maximum absolute atomic E-state index is 11.0. The van der Waals surface area contributed by atoms with Crippen molar-refractivity contribution in [3.8, 4) is 0 Å². The van der Waals surface area contributed by atoms with E-state index in [9.17, 15) is 4.79 Å². The summed E-state index contributed by atoms with van der Waals surface area (Å²) in [5.74, 6) is 0.504. The molecule has 2 unspecified atom stereocenters. The summed E-state index contributed by atoms with van der Waals surface area (Å²) in [6.45, 7) is 3.70. The maximum atomic E-state index is 11.0. The Labute approximate surface area is 88.1 Å². The molecular weight excluding hydrogens is 194 g/mol. The van der Waals surface area contributed by atoms with Crippen LogP contribution in [-0.4, -0.2) is 25.8 Å². The van der Waals surface area contributed by atoms with Crippen molar-refractivity contribution in [1.29, 1.82) is 0 Å². The summed E-state index contributed by atoms with van der Waals surface area (Å²) in [6, 6.07) is -0.0105. The molecule has 1 aliphatic carbocycles. The van der Waals surface area contributed by atoms with Crippen molar-refractivity contribution in [2.45, 2.75) is 39.2 Å². The van der Waals surface area contributed by atoms with E-state index in [0.717, 1.165) is 25.1 Å². The molecule has 1 saturated carbocycles. The number of aryl methyl sites for hydroxylation is 2. The van der Waals surface area contributed by atoms with Crippen LogP contribution in [0, 0.1) is 19.8 Å². The normalized spacial score (nSPS) is 25.7. The van der Waals surface area contributed by atoms with Crippen LogP contribution in [0.3, 0.4) is 0 Å². The van der Waals surface area contributed by atoms with Crippen molar-refractivity contribution in [1.82, 2.24) is 14.8 Å². The Morgan fingerprint density at radius 2 is 2.20 bits per heavy atom. The summed E-state index contributed by atoms with van der Waals surface area (Å²) in [7, 11) is 0. The monoisotopic (exact) mass is 209 g/mol. The van der Waals surface area contributed by atoms with Gasteiger partial charge in [0.15, 0.2) is 0 Å². The first kappa shape index (κ1) is 10.1. The lowest BCUT2D eigenvalue weighted by Gasteiger charge is -2.16. The van der Waals surface area contributed by atoms with Gasteiger partial charge in [-0.1, -0.05) is 6.42 Å². The Balaban J connectivity index is 2.30. The van der Waals surface area contributed by atoms with E-state index in [-0.39, 0.29) is 12.0 Å². The van der Waals surface area contributed by atoms with Crippen molar-refractivity contribution in [2.75, 3.05) is 0 Å². The fourth-order valence-electron chi connectivity index (χ4n) is 2.37. The minimum Gasteiger partial charge on any atom is -0.481 e. The first-order valence-electron chi connectivity index (χ1n) is 5.22. The van der Waals surface area contributed by atoms with Crippen molar-refractivity contribution in [2.24, 2.45) is 5.92 Å². The first-order valence-corrected chi connectivity index (χ1v) is 5.22. The van der Waals surface area contributed by atoms with Gasteiger partial charge in [-0.25, -0.2) is 9.67 Å². The summed E-state index contributed by atoms with van der Waals surface area (Å²) in [5.41, 5.74) is 0. The zero-order chi connectivity index (χ0) is 11.0. The fraction of sp³-hybridized carbons (Fsp3) is 0.700. The minimum atomic E-state index is -0.718. The molecule has 15 heavy (non-hydrogen) atoms. The van der Waals surface area contributed by atoms with Gasteiger partial charge in [0, 0.05) is 0 Å². The van der Waals surface area contributed by atoms with Crippen LogP contribution in [0.4, 0.5) is 0 Å². The number of carbonyl (C=O) groups is 1. The van der Waals surface area contributed by atoms with Gasteiger partial charge in [0.1, 0.15) is 11.6 Å². The third-order valence-corrected chi connectivity index (χ3v) is 3.02. The third-order valence-electron chi connectivity index (χ3n) is 3.02. The number of nitrogens with zero attached hydrogens (tertiary/aromatic N) is 3. The van der Waals surface area contributed by atoms with E-state index in [2.05, 4.69) is 10.1 Å². The van der Waals surface area contributed by atoms with Gasteiger partial charge >= 0.3 is 5.97 Å². The van der Waals surface area contributed by atoms with Crippen LogP contribution in [0.5, 0.6) is 0 Å². The summed E-state index contributed by atoms with van der Waals surface area (Å²) in [6.07, 6.45) is 2.60. The third kappa shape index (κ3) is 1.73. The summed E-state index contributed by atoms with van der Waals surface area (Å²) >= 11 is 0. The van der Waals surface area contributed by atoms with Crippen LogP contribution >= 0.6 is 0 Å². The standard InChI is InChI=1S/C10H15N3O2/c1-6-11-7(2)13(12-6)9-5-3-4-8(9)10(14)15/h8-9H,3-5H2,1-2H3,(H,14,15). The zero-order valence-corrected chi connectivity index (χ0v) is 8.97. The highest BCUT2D eigenvalue weighted by Gasteiger charge is 2.35. The van der Waals surface area contributed by atoms with Crippen LogP contribution in [0.2, 0.25) is 0 Å². The van der Waals surface area contributed by atoms with Gasteiger partial charge < -0.3 is 5.11 Å². The first-order chi connectivity index (χ1) is 7.09. The van der Waals surface area contributed by atoms with Gasteiger partial charge in [-0.2, -0.15) is 5.10 Å². The van der Waals surface area contributed by atoms with Crippen LogP contribution in [0.25, 0.3) is 0 Å². The average molecular weight is 209 g/mol. The second-order valence-corrected chi connectivity index (χ2v) is 4.09. The molecule has 82 valence electrons. The van der Waals surface area contributed by atoms with Gasteiger partial charge in [-0.05, 0) is 26.7 Å². The van der Waals surface area contributed by atoms with Crippen molar-refractivity contribution in [3.63, 3.8) is 0 Å². The largest absolute Gasteiger partial charge is 0.481 e. The molecule has 0 bridgehead atoms. The molecule has 0 spiro atoms. The van der Waals surface area contributed by atoms with Crippen molar-refractivity contribution in [3.05, 3.63) is 11.6 Å². The molecule has 2 rings (SSSR count). The Kier molecular flexibility index (Phi) is 2.46. The molecule has 1 heterocycles. The molecule has 1 N–H and O–H groups in total. The Morgan fingerprint density at radius 1 is 1.47 bits per heavy atom. The van der Waals surface area contributed by atoms with E-state index in [4.69, 9.17) is 5.11 Å². The highest BCUT2D eigenvalue weighted by Crippen LogP contribution is 2.35. The predicted octanol–water partition coefficient (Wildman–Crippen LogP) is 1.32. The molecule has 1 aromatic heterocycles. The lowest BCUT2D eigenvalue weighted by Crippen LogP contribution is -2.23. The smallest absolute Gasteiger partial charge is 0.308 e. The summed E-state index contributed by atoms with van der Waals surface area (Å²) in [4.78, 5) is 15.3. The van der Waals surface area contributed by atoms with E-state index in [0.29, 0.717) is 5.82 Å². The highest BCUT2D eigenvalue weighted by molar-refractivity contribution is 5.71. The van der Waals surface area contributed by atoms with E-state index in [1.54, 1.807) is 4.68 Å². The summed E-state index contributed by atoms with van der Waals surface area (Å²) < 4.78 is 1.78. The van der Waals surface area contributed by atoms with Gasteiger partial charge in [0.25, 0.3) is 0 Å². The van der Waals surface area contributed by atoms with Gasteiger partial charge in [-0.3, -0.25) is 4.79 Å². The lowest BCUT2D eigenvalue weighted by atomic mass is 10.0. The Bertz CT molecular complexity index is 386. The lowest BCUT2D eigenvalue weighted by molar-refractivity contribution is -0.142. The van der Waals surface area contributed by atoms with Gasteiger partial charge in [0.2, 0.25) is 0 Å². The molecule has 5 nitrogen and oxygen atoms in total. The Hall–Kier alpha value is -1.39. The number of hydrogen-bond donors (Lipinski definition) is 1. The molecule has 1 fully saturated rings. The van der Waals surface area contributed by atoms with Crippen molar-refractivity contribution >= 4 is 5.97 Å². The van der Waals surface area contributed by atoms with Crippen LogP contribution in [0.15, 0.2) is 0 Å². The molecule has 5 heteroatoms. The molecule has 0 radical (unpaired) electrons. The second kappa shape index (κ2) is 3.64. The fourth-order valence-corrected chi connectivity index (χ4v) is 2.37. The molecule has 0 saturated heterocycles. The molecule has 1 aliphatic rings. The van der Waals surface area contributed by atoms with E-state index < -0.39 is 5.97 Å². The van der Waals surface area contributed by atoms with Crippen LogP contribution in [0.1, 0.15) is 37.0 Å². The predicted molar refractivity (Wildman–Crippen MR) is 53.5 cm³/mol. The zero-order valence-electron chi connectivity index (χ0n) is 8.97.